The van der Waals surface area contributed by atoms with Crippen LogP contribution in [0.4, 0.5) is 21.5 Å². The predicted molar refractivity (Wildman–Crippen MR) is 78.7 cm³/mol. The molecule has 0 unspecified atom stereocenters. The number of nitrogens with one attached hydrogen (secondary N) is 1. The van der Waals surface area contributed by atoms with Crippen LogP contribution in [0.15, 0.2) is 30.3 Å². The minimum Gasteiger partial charge on any atom is -0.493 e. The minimum atomic E-state index is -0.466. The average molecular weight is 297 g/mol. The van der Waals surface area contributed by atoms with E-state index in [9.17, 15) is 4.39 Å². The Kier molecular flexibility index (Phi) is 4.20. The lowest BCUT2D eigenvalue weighted by Crippen LogP contribution is -2.01. The van der Waals surface area contributed by atoms with Crippen LogP contribution in [0.1, 0.15) is 0 Å². The van der Waals surface area contributed by atoms with Crippen molar-refractivity contribution < 1.29 is 13.9 Å². The number of hydrogen-bond acceptors (Lipinski definition) is 4. The minimum absolute atomic E-state index is 0.160. The van der Waals surface area contributed by atoms with Gasteiger partial charge >= 0.3 is 0 Å². The highest BCUT2D eigenvalue weighted by Gasteiger charge is 2.12. The van der Waals surface area contributed by atoms with Crippen LogP contribution >= 0.6 is 11.6 Å². The quantitative estimate of drug-likeness (QED) is 0.842. The van der Waals surface area contributed by atoms with Crippen LogP contribution in [0.2, 0.25) is 5.02 Å². The highest BCUT2D eigenvalue weighted by Crippen LogP contribution is 2.37. The molecule has 0 saturated heterocycles. The summed E-state index contributed by atoms with van der Waals surface area (Å²) >= 11 is 5.96. The molecule has 0 aliphatic heterocycles. The molecule has 0 amide bonds. The summed E-state index contributed by atoms with van der Waals surface area (Å²) in [6, 6.07) is 7.64. The Balaban J connectivity index is 2.44. The average Bonchev–Trinajstić information content (AvgIpc) is 2.44. The van der Waals surface area contributed by atoms with E-state index in [2.05, 4.69) is 5.32 Å². The zero-order chi connectivity index (χ0) is 14.7. The summed E-state index contributed by atoms with van der Waals surface area (Å²) in [4.78, 5) is 0. The van der Waals surface area contributed by atoms with Gasteiger partial charge in [0, 0.05) is 12.1 Å². The number of nitrogen functional groups attached to an aromatic ring is 1. The topological polar surface area (TPSA) is 56.5 Å². The Morgan fingerprint density at radius 1 is 1.15 bits per heavy atom. The van der Waals surface area contributed by atoms with E-state index in [-0.39, 0.29) is 10.7 Å². The van der Waals surface area contributed by atoms with Crippen molar-refractivity contribution in [1.29, 1.82) is 0 Å². The number of halogens is 2. The van der Waals surface area contributed by atoms with Crippen molar-refractivity contribution in [2.45, 2.75) is 0 Å². The largest absolute Gasteiger partial charge is 0.493 e. The van der Waals surface area contributed by atoms with Crippen LogP contribution in [-0.4, -0.2) is 14.2 Å². The van der Waals surface area contributed by atoms with E-state index in [1.165, 1.54) is 26.4 Å². The van der Waals surface area contributed by atoms with Gasteiger partial charge in [-0.2, -0.15) is 0 Å². The van der Waals surface area contributed by atoms with Crippen molar-refractivity contribution in [2.24, 2.45) is 0 Å². The molecule has 0 saturated carbocycles. The van der Waals surface area contributed by atoms with Crippen LogP contribution in [-0.2, 0) is 0 Å². The first-order valence-electron chi connectivity index (χ1n) is 5.79. The van der Waals surface area contributed by atoms with Crippen molar-refractivity contribution in [3.8, 4) is 11.5 Å². The molecule has 0 bridgehead atoms. The van der Waals surface area contributed by atoms with Gasteiger partial charge in [0.1, 0.15) is 5.82 Å². The molecule has 2 rings (SSSR count). The van der Waals surface area contributed by atoms with Gasteiger partial charge in [-0.15, -0.1) is 0 Å². The first kappa shape index (κ1) is 14.3. The van der Waals surface area contributed by atoms with E-state index in [0.29, 0.717) is 22.9 Å². The number of ether oxygens (including phenoxy) is 2. The van der Waals surface area contributed by atoms with Crippen molar-refractivity contribution in [3.63, 3.8) is 0 Å². The van der Waals surface area contributed by atoms with Crippen molar-refractivity contribution >= 4 is 28.7 Å². The van der Waals surface area contributed by atoms with Crippen LogP contribution < -0.4 is 20.5 Å². The molecule has 0 aliphatic carbocycles. The monoisotopic (exact) mass is 296 g/mol. The molecule has 0 fully saturated rings. The fraction of sp³-hybridized carbons (Fsp3) is 0.143. The van der Waals surface area contributed by atoms with Gasteiger partial charge in [-0.1, -0.05) is 17.7 Å². The standard InChI is InChI=1S/C14H14ClFN2O2/c1-19-12-6-10(17)11(7-13(12)20-2)18-14-8(15)4-3-5-9(14)16/h3-7,18H,17H2,1-2H3. The van der Waals surface area contributed by atoms with Gasteiger partial charge in [0.2, 0.25) is 0 Å². The summed E-state index contributed by atoms with van der Waals surface area (Å²) < 4.78 is 24.1. The molecule has 0 radical (unpaired) electrons. The second kappa shape index (κ2) is 5.88. The van der Waals surface area contributed by atoms with Gasteiger partial charge in [0.05, 0.1) is 36.3 Å². The van der Waals surface area contributed by atoms with Gasteiger partial charge in [-0.25, -0.2) is 4.39 Å². The molecule has 0 heterocycles. The lowest BCUT2D eigenvalue weighted by molar-refractivity contribution is 0.355. The molecule has 0 aromatic heterocycles. The van der Waals surface area contributed by atoms with Gasteiger partial charge < -0.3 is 20.5 Å². The first-order valence-corrected chi connectivity index (χ1v) is 6.17. The zero-order valence-electron chi connectivity index (χ0n) is 11.0. The van der Waals surface area contributed by atoms with Crippen LogP contribution in [0.5, 0.6) is 11.5 Å². The maximum atomic E-state index is 13.8. The van der Waals surface area contributed by atoms with Gasteiger partial charge in [-0.05, 0) is 12.1 Å². The van der Waals surface area contributed by atoms with E-state index < -0.39 is 5.82 Å². The number of anilines is 3. The molecule has 2 aromatic carbocycles. The van der Waals surface area contributed by atoms with Crippen molar-refractivity contribution in [2.75, 3.05) is 25.3 Å². The van der Waals surface area contributed by atoms with Crippen molar-refractivity contribution in [3.05, 3.63) is 41.2 Å². The number of nitrogens with two attached hydrogens (primary N) is 1. The van der Waals surface area contributed by atoms with Crippen molar-refractivity contribution in [1.82, 2.24) is 0 Å². The van der Waals surface area contributed by atoms with Crippen LogP contribution in [0.25, 0.3) is 0 Å². The van der Waals surface area contributed by atoms with E-state index in [4.69, 9.17) is 26.8 Å². The van der Waals surface area contributed by atoms with Gasteiger partial charge in [0.15, 0.2) is 11.5 Å². The Morgan fingerprint density at radius 3 is 2.40 bits per heavy atom. The third kappa shape index (κ3) is 2.72. The fourth-order valence-corrected chi connectivity index (χ4v) is 1.97. The number of para-hydroxylation sites is 1. The Labute approximate surface area is 121 Å². The van der Waals surface area contributed by atoms with Crippen LogP contribution in [0.3, 0.4) is 0 Å². The van der Waals surface area contributed by atoms with Crippen LogP contribution in [0, 0.1) is 5.82 Å². The van der Waals surface area contributed by atoms with Gasteiger partial charge in [0.25, 0.3) is 0 Å². The lowest BCUT2D eigenvalue weighted by Gasteiger charge is -2.15. The number of rotatable bonds is 4. The number of hydrogen-bond donors (Lipinski definition) is 2. The second-order valence-electron chi connectivity index (χ2n) is 4.02. The third-order valence-electron chi connectivity index (χ3n) is 2.78. The number of benzene rings is 2. The second-order valence-corrected chi connectivity index (χ2v) is 4.42. The first-order chi connectivity index (χ1) is 9.56. The zero-order valence-corrected chi connectivity index (χ0v) is 11.8. The summed E-state index contributed by atoms with van der Waals surface area (Å²) in [6.07, 6.45) is 0. The molecule has 2 aromatic rings. The molecule has 3 N–H and O–H groups in total. The molecular weight excluding hydrogens is 283 g/mol. The normalized spacial score (nSPS) is 10.2. The smallest absolute Gasteiger partial charge is 0.162 e. The molecule has 4 nitrogen and oxygen atoms in total. The Morgan fingerprint density at radius 2 is 1.80 bits per heavy atom. The maximum absolute atomic E-state index is 13.8. The Bertz CT molecular complexity index is 615. The summed E-state index contributed by atoms with van der Waals surface area (Å²) in [7, 11) is 3.02. The van der Waals surface area contributed by atoms with E-state index in [1.54, 1.807) is 18.2 Å². The highest BCUT2D eigenvalue weighted by atomic mass is 35.5. The summed E-state index contributed by atoms with van der Waals surface area (Å²) in [5.41, 5.74) is 6.94. The SMILES string of the molecule is COc1cc(N)c(Nc2c(F)cccc2Cl)cc1OC. The van der Waals surface area contributed by atoms with Gasteiger partial charge in [-0.3, -0.25) is 0 Å². The molecular formula is C14H14ClFN2O2. The Hall–Kier alpha value is -2.14. The summed E-state index contributed by atoms with van der Waals surface area (Å²) in [5, 5.41) is 3.13. The highest BCUT2D eigenvalue weighted by molar-refractivity contribution is 6.33. The van der Waals surface area contributed by atoms with E-state index in [1.807, 2.05) is 0 Å². The van der Waals surface area contributed by atoms with E-state index >= 15 is 0 Å². The third-order valence-corrected chi connectivity index (χ3v) is 3.09. The van der Waals surface area contributed by atoms with E-state index in [0.717, 1.165) is 0 Å². The molecule has 0 aliphatic rings. The molecule has 6 heteroatoms. The molecule has 106 valence electrons. The predicted octanol–water partition coefficient (Wildman–Crippen LogP) is 3.82. The fourth-order valence-electron chi connectivity index (χ4n) is 1.75. The molecule has 20 heavy (non-hydrogen) atoms. The molecule has 0 atom stereocenters. The maximum Gasteiger partial charge on any atom is 0.162 e. The summed E-state index contributed by atoms with van der Waals surface area (Å²) in [6.45, 7) is 0. The number of methoxy groups -OCH3 is 2. The summed E-state index contributed by atoms with van der Waals surface area (Å²) in [5.74, 6) is 0.513. The molecule has 0 spiro atoms. The lowest BCUT2D eigenvalue weighted by atomic mass is 10.2.